The van der Waals surface area contributed by atoms with Crippen LogP contribution in [0.2, 0.25) is 0 Å². The van der Waals surface area contributed by atoms with Crippen LogP contribution in [0.1, 0.15) is 11.7 Å². The first kappa shape index (κ1) is 15.1. The summed E-state index contributed by atoms with van der Waals surface area (Å²) in [4.78, 5) is 9.10. The SMILES string of the molecule is COc1cc([C@@H]2N=C(N)Nc3nc4ccccc4n32)cc(I)c1O. The van der Waals surface area contributed by atoms with Gasteiger partial charge in [-0.2, -0.15) is 0 Å². The number of aromatic hydroxyl groups is 1. The summed E-state index contributed by atoms with van der Waals surface area (Å²) >= 11 is 2.07. The molecule has 0 spiro atoms. The fourth-order valence-electron chi connectivity index (χ4n) is 2.84. The van der Waals surface area contributed by atoms with Crippen LogP contribution < -0.4 is 15.8 Å². The Bertz CT molecular complexity index is 982. The topological polar surface area (TPSA) is 97.7 Å². The number of nitrogens with zero attached hydrogens (tertiary/aromatic N) is 3. The molecule has 3 aromatic rings. The first-order valence-corrected chi connectivity index (χ1v) is 8.30. The standard InChI is InChI=1S/C16H14IN5O2/c1-24-12-7-8(6-9(17)13(12)23)14-20-15(18)21-16-19-10-4-2-3-5-11(10)22(14)16/h2-7,14,23H,1H3,(H3,18,19,20,21)/t14-/m1/s1. The third-order valence-corrected chi connectivity index (χ3v) is 4.73. The number of imidazole rings is 1. The van der Waals surface area contributed by atoms with Gasteiger partial charge >= 0.3 is 0 Å². The Kier molecular flexibility index (Phi) is 3.48. The molecule has 0 saturated carbocycles. The van der Waals surface area contributed by atoms with E-state index in [1.807, 2.05) is 34.9 Å². The summed E-state index contributed by atoms with van der Waals surface area (Å²) in [5.74, 6) is 1.44. The molecule has 0 fully saturated rings. The van der Waals surface area contributed by atoms with Gasteiger partial charge in [0.2, 0.25) is 5.95 Å². The number of phenols is 1. The number of benzene rings is 2. The number of ether oxygens (including phenoxy) is 1. The summed E-state index contributed by atoms with van der Waals surface area (Å²) in [7, 11) is 1.52. The Balaban J connectivity index is 1.96. The van der Waals surface area contributed by atoms with E-state index in [2.05, 4.69) is 37.9 Å². The van der Waals surface area contributed by atoms with Crippen LogP contribution >= 0.6 is 22.6 Å². The van der Waals surface area contributed by atoms with Crippen molar-refractivity contribution in [3.8, 4) is 11.5 Å². The van der Waals surface area contributed by atoms with E-state index in [1.165, 1.54) is 7.11 Å². The van der Waals surface area contributed by atoms with Crippen LogP contribution in [0.3, 0.4) is 0 Å². The normalized spacial score (nSPS) is 16.4. The lowest BCUT2D eigenvalue weighted by Gasteiger charge is -2.24. The molecule has 0 unspecified atom stereocenters. The monoisotopic (exact) mass is 435 g/mol. The van der Waals surface area contributed by atoms with Crippen molar-refractivity contribution < 1.29 is 9.84 Å². The Morgan fingerprint density at radius 3 is 2.92 bits per heavy atom. The second kappa shape index (κ2) is 5.55. The summed E-state index contributed by atoms with van der Waals surface area (Å²) < 4.78 is 7.93. The molecule has 122 valence electrons. The van der Waals surface area contributed by atoms with Crippen molar-refractivity contribution >= 4 is 45.5 Å². The Morgan fingerprint density at radius 2 is 2.12 bits per heavy atom. The number of anilines is 1. The van der Waals surface area contributed by atoms with Gasteiger partial charge in [-0.3, -0.25) is 9.88 Å². The number of hydrogen-bond donors (Lipinski definition) is 3. The summed E-state index contributed by atoms with van der Waals surface area (Å²) in [5.41, 5.74) is 8.59. The smallest absolute Gasteiger partial charge is 0.212 e. The van der Waals surface area contributed by atoms with Gasteiger partial charge in [-0.1, -0.05) is 12.1 Å². The zero-order chi connectivity index (χ0) is 16.8. The number of para-hydroxylation sites is 2. The van der Waals surface area contributed by atoms with E-state index in [-0.39, 0.29) is 5.75 Å². The average Bonchev–Trinajstić information content (AvgIpc) is 2.94. The highest BCUT2D eigenvalue weighted by Gasteiger charge is 2.26. The van der Waals surface area contributed by atoms with Crippen LogP contribution in [0.5, 0.6) is 11.5 Å². The number of aromatic nitrogens is 2. The number of nitrogens with one attached hydrogen (secondary N) is 1. The molecule has 7 nitrogen and oxygen atoms in total. The molecule has 2 heterocycles. The number of phenolic OH excluding ortho intramolecular Hbond substituents is 1. The third kappa shape index (κ3) is 2.25. The quantitative estimate of drug-likeness (QED) is 0.538. The Labute approximate surface area is 151 Å². The zero-order valence-corrected chi connectivity index (χ0v) is 14.9. The molecule has 1 aliphatic rings. The Morgan fingerprint density at radius 1 is 1.33 bits per heavy atom. The molecule has 2 aromatic carbocycles. The molecule has 1 atom stereocenters. The largest absolute Gasteiger partial charge is 0.504 e. The maximum atomic E-state index is 10.1. The van der Waals surface area contributed by atoms with E-state index in [0.29, 0.717) is 21.2 Å². The maximum absolute atomic E-state index is 10.1. The minimum absolute atomic E-state index is 0.114. The predicted molar refractivity (Wildman–Crippen MR) is 100 cm³/mol. The highest BCUT2D eigenvalue weighted by atomic mass is 127. The van der Waals surface area contributed by atoms with Gasteiger partial charge in [0.1, 0.15) is 0 Å². The molecule has 0 amide bonds. The van der Waals surface area contributed by atoms with E-state index in [4.69, 9.17) is 10.5 Å². The third-order valence-electron chi connectivity index (χ3n) is 3.91. The molecule has 0 radical (unpaired) electrons. The molecule has 24 heavy (non-hydrogen) atoms. The second-order valence-electron chi connectivity index (χ2n) is 5.36. The van der Waals surface area contributed by atoms with E-state index >= 15 is 0 Å². The molecule has 4 N–H and O–H groups in total. The van der Waals surface area contributed by atoms with Gasteiger partial charge in [0.15, 0.2) is 23.6 Å². The first-order chi connectivity index (χ1) is 11.6. The molecule has 4 rings (SSSR count). The summed E-state index contributed by atoms with van der Waals surface area (Å²) in [6, 6.07) is 11.5. The number of fused-ring (bicyclic) bond motifs is 3. The Hall–Kier alpha value is -2.49. The minimum atomic E-state index is -0.392. The summed E-state index contributed by atoms with van der Waals surface area (Å²) in [5, 5.41) is 13.1. The van der Waals surface area contributed by atoms with E-state index in [1.54, 1.807) is 6.07 Å². The highest BCUT2D eigenvalue weighted by Crippen LogP contribution is 2.38. The van der Waals surface area contributed by atoms with Crippen molar-refractivity contribution in [2.24, 2.45) is 10.7 Å². The van der Waals surface area contributed by atoms with Crippen molar-refractivity contribution in [2.45, 2.75) is 6.17 Å². The molecular weight excluding hydrogens is 421 g/mol. The van der Waals surface area contributed by atoms with Gasteiger partial charge in [-0.25, -0.2) is 9.98 Å². The summed E-state index contributed by atoms with van der Waals surface area (Å²) in [6.45, 7) is 0. The minimum Gasteiger partial charge on any atom is -0.504 e. The zero-order valence-electron chi connectivity index (χ0n) is 12.7. The fraction of sp³-hybridized carbons (Fsp3) is 0.125. The lowest BCUT2D eigenvalue weighted by molar-refractivity contribution is 0.370. The molecule has 0 aliphatic carbocycles. The van der Waals surface area contributed by atoms with Gasteiger partial charge in [-0.05, 0) is 46.9 Å². The van der Waals surface area contributed by atoms with Crippen LogP contribution in [0.4, 0.5) is 5.95 Å². The van der Waals surface area contributed by atoms with Crippen LogP contribution in [0.25, 0.3) is 11.0 Å². The highest BCUT2D eigenvalue weighted by molar-refractivity contribution is 14.1. The van der Waals surface area contributed by atoms with Crippen LogP contribution in [0, 0.1) is 3.57 Å². The van der Waals surface area contributed by atoms with Crippen LogP contribution in [-0.2, 0) is 0 Å². The molecule has 1 aromatic heterocycles. The van der Waals surface area contributed by atoms with Gasteiger partial charge in [0.25, 0.3) is 0 Å². The molecule has 8 heteroatoms. The van der Waals surface area contributed by atoms with Gasteiger partial charge in [0.05, 0.1) is 21.7 Å². The molecular formula is C16H14IN5O2. The van der Waals surface area contributed by atoms with Crippen molar-refractivity contribution in [2.75, 3.05) is 12.4 Å². The average molecular weight is 435 g/mol. The van der Waals surface area contributed by atoms with Crippen molar-refractivity contribution in [3.63, 3.8) is 0 Å². The summed E-state index contributed by atoms with van der Waals surface area (Å²) in [6.07, 6.45) is -0.392. The van der Waals surface area contributed by atoms with Crippen molar-refractivity contribution in [1.29, 1.82) is 0 Å². The van der Waals surface area contributed by atoms with Crippen LogP contribution in [0.15, 0.2) is 41.4 Å². The van der Waals surface area contributed by atoms with E-state index < -0.39 is 6.17 Å². The number of nitrogens with two attached hydrogens (primary N) is 1. The van der Waals surface area contributed by atoms with Crippen molar-refractivity contribution in [3.05, 3.63) is 45.5 Å². The number of halogens is 1. The van der Waals surface area contributed by atoms with Gasteiger partial charge in [-0.15, -0.1) is 0 Å². The number of guanidine groups is 1. The number of rotatable bonds is 2. The second-order valence-corrected chi connectivity index (χ2v) is 6.52. The van der Waals surface area contributed by atoms with Crippen LogP contribution in [-0.4, -0.2) is 27.7 Å². The van der Waals surface area contributed by atoms with E-state index in [9.17, 15) is 5.11 Å². The molecule has 0 bridgehead atoms. The van der Waals surface area contributed by atoms with Gasteiger partial charge < -0.3 is 15.6 Å². The van der Waals surface area contributed by atoms with Gasteiger partial charge in [0, 0.05) is 5.56 Å². The predicted octanol–water partition coefficient (Wildman–Crippen LogP) is 2.64. The lowest BCUT2D eigenvalue weighted by atomic mass is 10.1. The van der Waals surface area contributed by atoms with E-state index in [0.717, 1.165) is 16.6 Å². The van der Waals surface area contributed by atoms with Crippen molar-refractivity contribution in [1.82, 2.24) is 9.55 Å². The number of methoxy groups -OCH3 is 1. The molecule has 0 saturated heterocycles. The lowest BCUT2D eigenvalue weighted by Crippen LogP contribution is -2.31. The number of aliphatic imine (C=N–C) groups is 1. The fourth-order valence-corrected chi connectivity index (χ4v) is 3.46. The maximum Gasteiger partial charge on any atom is 0.212 e. The first-order valence-electron chi connectivity index (χ1n) is 7.22. The number of hydrogen-bond acceptors (Lipinski definition) is 6. The molecule has 1 aliphatic heterocycles.